The summed E-state index contributed by atoms with van der Waals surface area (Å²) in [6.45, 7) is 3.76. The Morgan fingerprint density at radius 1 is 0.731 bits per heavy atom. The first kappa shape index (κ1) is 28.8. The fraction of sp³-hybridized carbons (Fsp3) is 0.905. The van der Waals surface area contributed by atoms with E-state index in [1.165, 1.54) is 90.4 Å². The minimum absolute atomic E-state index is 0. The fourth-order valence-corrected chi connectivity index (χ4v) is 3.03. The van der Waals surface area contributed by atoms with Crippen LogP contribution in [0.3, 0.4) is 0 Å². The minimum atomic E-state index is -0.982. The van der Waals surface area contributed by atoms with E-state index in [9.17, 15) is 9.59 Å². The molecule has 0 aliphatic rings. The Kier molecular flexibility index (Phi) is 24.2. The Labute approximate surface area is 204 Å². The normalized spacial score (nSPS) is 11.6. The van der Waals surface area contributed by atoms with E-state index >= 15 is 0 Å². The summed E-state index contributed by atoms with van der Waals surface area (Å²) < 4.78 is 0. The molecule has 1 amide bonds. The molecule has 4 nitrogen and oxygen atoms in total. The molecule has 149 valence electrons. The van der Waals surface area contributed by atoms with Crippen LogP contribution in [0.2, 0.25) is 0 Å². The SMILES string of the molecule is CCCCCCCCCCCCCCCCCC(=O)NC(C)C(=O)O.[K]. The number of carboxylic acids is 1. The number of unbranched alkanes of at least 4 members (excludes halogenated alkanes) is 14. The smallest absolute Gasteiger partial charge is 0.325 e. The standard InChI is InChI=1S/C21H41NO3.K/c1-3-4-5-6-7-8-9-10-11-12-13-14-15-16-17-18-20(23)22-19(2)21(24)25;/h19H,3-18H2,1-2H3,(H,22,23)(H,24,25);. The molecule has 2 N–H and O–H groups in total. The van der Waals surface area contributed by atoms with Crippen molar-refractivity contribution >= 4 is 63.3 Å². The van der Waals surface area contributed by atoms with Crippen molar-refractivity contribution in [1.82, 2.24) is 5.32 Å². The molecule has 0 aliphatic heterocycles. The molecule has 1 atom stereocenters. The summed E-state index contributed by atoms with van der Waals surface area (Å²) in [5.41, 5.74) is 0. The van der Waals surface area contributed by atoms with Crippen molar-refractivity contribution in [1.29, 1.82) is 0 Å². The zero-order chi connectivity index (χ0) is 18.8. The first-order chi connectivity index (χ1) is 12.1. The molecule has 26 heavy (non-hydrogen) atoms. The van der Waals surface area contributed by atoms with Gasteiger partial charge in [-0.3, -0.25) is 9.59 Å². The summed E-state index contributed by atoms with van der Waals surface area (Å²) in [6, 6.07) is -0.788. The van der Waals surface area contributed by atoms with Crippen LogP contribution in [0.1, 0.15) is 117 Å². The van der Waals surface area contributed by atoms with Gasteiger partial charge < -0.3 is 10.4 Å². The maximum absolute atomic E-state index is 11.5. The number of hydrogen-bond donors (Lipinski definition) is 2. The molecule has 1 unspecified atom stereocenters. The number of hydrogen-bond acceptors (Lipinski definition) is 2. The van der Waals surface area contributed by atoms with E-state index in [-0.39, 0.29) is 57.3 Å². The van der Waals surface area contributed by atoms with Crippen LogP contribution in [0.15, 0.2) is 0 Å². The van der Waals surface area contributed by atoms with Crippen molar-refractivity contribution in [2.24, 2.45) is 0 Å². The van der Waals surface area contributed by atoms with Gasteiger partial charge in [-0.2, -0.15) is 0 Å². The third-order valence-electron chi connectivity index (χ3n) is 4.76. The van der Waals surface area contributed by atoms with Gasteiger partial charge in [0, 0.05) is 57.8 Å². The van der Waals surface area contributed by atoms with Crippen molar-refractivity contribution in [2.45, 2.75) is 123 Å². The molecule has 0 bridgehead atoms. The van der Waals surface area contributed by atoms with Crippen LogP contribution in [0.5, 0.6) is 0 Å². The summed E-state index contributed by atoms with van der Waals surface area (Å²) in [5.74, 6) is -1.13. The van der Waals surface area contributed by atoms with Gasteiger partial charge in [-0.25, -0.2) is 0 Å². The molecule has 1 radical (unpaired) electrons. The average Bonchev–Trinajstić information content (AvgIpc) is 2.58. The number of carbonyl (C=O) groups excluding carboxylic acids is 1. The maximum atomic E-state index is 11.5. The van der Waals surface area contributed by atoms with E-state index in [1.54, 1.807) is 0 Å². The predicted molar refractivity (Wildman–Crippen MR) is 111 cm³/mol. The summed E-state index contributed by atoms with van der Waals surface area (Å²) in [5, 5.41) is 11.2. The van der Waals surface area contributed by atoms with Crippen molar-refractivity contribution < 1.29 is 14.7 Å². The van der Waals surface area contributed by atoms with Gasteiger partial charge in [0.2, 0.25) is 5.91 Å². The zero-order valence-electron chi connectivity index (χ0n) is 17.7. The van der Waals surface area contributed by atoms with Gasteiger partial charge in [-0.05, 0) is 13.3 Å². The molecule has 0 spiro atoms. The van der Waals surface area contributed by atoms with Crippen molar-refractivity contribution in [3.63, 3.8) is 0 Å². The van der Waals surface area contributed by atoms with Crippen LogP contribution >= 0.6 is 0 Å². The number of amides is 1. The molecule has 0 heterocycles. The quantitative estimate of drug-likeness (QED) is 0.240. The Morgan fingerprint density at radius 2 is 1.08 bits per heavy atom. The van der Waals surface area contributed by atoms with E-state index in [4.69, 9.17) is 5.11 Å². The second kappa shape index (κ2) is 21.9. The number of carboxylic acid groups (broad SMARTS) is 1. The van der Waals surface area contributed by atoms with Gasteiger partial charge in [0.15, 0.2) is 0 Å². The number of nitrogens with one attached hydrogen (secondary N) is 1. The van der Waals surface area contributed by atoms with Crippen molar-refractivity contribution in [3.05, 3.63) is 0 Å². The molecule has 0 aromatic carbocycles. The van der Waals surface area contributed by atoms with E-state index < -0.39 is 12.0 Å². The summed E-state index contributed by atoms with van der Waals surface area (Å²) in [6.07, 6.45) is 20.0. The number of carbonyl (C=O) groups is 2. The fourth-order valence-electron chi connectivity index (χ4n) is 3.03. The monoisotopic (exact) mass is 394 g/mol. The first-order valence-corrected chi connectivity index (χ1v) is 10.6. The second-order valence-corrected chi connectivity index (χ2v) is 7.33. The maximum Gasteiger partial charge on any atom is 0.325 e. The molecule has 0 saturated heterocycles. The second-order valence-electron chi connectivity index (χ2n) is 7.33. The van der Waals surface area contributed by atoms with Crippen molar-refractivity contribution in [3.8, 4) is 0 Å². The molecule has 0 fully saturated rings. The van der Waals surface area contributed by atoms with Crippen molar-refractivity contribution in [2.75, 3.05) is 0 Å². The number of rotatable bonds is 18. The van der Waals surface area contributed by atoms with Crippen LogP contribution < -0.4 is 5.32 Å². The molecular weight excluding hydrogens is 353 g/mol. The van der Waals surface area contributed by atoms with Crippen LogP contribution in [0.4, 0.5) is 0 Å². The third kappa shape index (κ3) is 20.9. The molecule has 5 heteroatoms. The first-order valence-electron chi connectivity index (χ1n) is 10.6. The van der Waals surface area contributed by atoms with E-state index in [0.29, 0.717) is 6.42 Å². The Balaban J connectivity index is 0. The van der Waals surface area contributed by atoms with Gasteiger partial charge in [-0.1, -0.05) is 96.8 Å². The zero-order valence-corrected chi connectivity index (χ0v) is 20.8. The molecule has 0 rings (SSSR count). The van der Waals surface area contributed by atoms with Gasteiger partial charge in [-0.15, -0.1) is 0 Å². The van der Waals surface area contributed by atoms with Gasteiger partial charge in [0.05, 0.1) is 0 Å². The Hall–Kier alpha value is 0.576. The van der Waals surface area contributed by atoms with E-state index in [1.807, 2.05) is 0 Å². The topological polar surface area (TPSA) is 66.4 Å². The molecule has 0 aromatic heterocycles. The van der Waals surface area contributed by atoms with Crippen LogP contribution in [0.25, 0.3) is 0 Å². The molecule has 0 aromatic rings. The van der Waals surface area contributed by atoms with Crippen LogP contribution in [-0.4, -0.2) is 74.4 Å². The van der Waals surface area contributed by atoms with Crippen LogP contribution in [-0.2, 0) is 9.59 Å². The summed E-state index contributed by atoms with van der Waals surface area (Å²) in [7, 11) is 0. The van der Waals surface area contributed by atoms with Gasteiger partial charge in [0.25, 0.3) is 0 Å². The van der Waals surface area contributed by atoms with E-state index in [2.05, 4.69) is 12.2 Å². The molecule has 0 aliphatic carbocycles. The third-order valence-corrected chi connectivity index (χ3v) is 4.76. The Morgan fingerprint density at radius 3 is 1.42 bits per heavy atom. The summed E-state index contributed by atoms with van der Waals surface area (Å²) >= 11 is 0. The molecule has 0 saturated carbocycles. The van der Waals surface area contributed by atoms with Gasteiger partial charge in [0.1, 0.15) is 6.04 Å². The number of aliphatic carboxylic acids is 1. The predicted octanol–water partition coefficient (Wildman–Crippen LogP) is 5.46. The Bertz CT molecular complexity index is 337. The minimum Gasteiger partial charge on any atom is -0.480 e. The summed E-state index contributed by atoms with van der Waals surface area (Å²) in [4.78, 5) is 22.2. The molecular formula is C21H41KNO3. The average molecular weight is 395 g/mol. The van der Waals surface area contributed by atoms with Crippen LogP contribution in [0, 0.1) is 0 Å². The van der Waals surface area contributed by atoms with Gasteiger partial charge >= 0.3 is 5.97 Å². The largest absolute Gasteiger partial charge is 0.480 e. The van der Waals surface area contributed by atoms with E-state index in [0.717, 1.165) is 12.8 Å².